The maximum atomic E-state index is 13.0. The van der Waals surface area contributed by atoms with Crippen LogP contribution in [0.2, 0.25) is 0 Å². The molecule has 0 aliphatic rings. The minimum Gasteiger partial charge on any atom is -0.480 e. The second-order valence-corrected chi connectivity index (χ2v) is 7.98. The van der Waals surface area contributed by atoms with E-state index in [0.717, 1.165) is 5.56 Å². The topological polar surface area (TPSA) is 194 Å². The van der Waals surface area contributed by atoms with E-state index >= 15 is 0 Å². The minimum absolute atomic E-state index is 0.0534. The van der Waals surface area contributed by atoms with Crippen LogP contribution < -0.4 is 27.4 Å². The average molecular weight is 464 g/mol. The molecule has 1 rings (SSSR count). The van der Waals surface area contributed by atoms with Gasteiger partial charge in [-0.15, -0.1) is 0 Å². The SMILES string of the molecule is CCC(C)C(NC(=O)C(CC(N)=O)NC(=O)C(C)N)C(=O)NC(Cc1ccccc1)C(=O)O. The van der Waals surface area contributed by atoms with Gasteiger partial charge < -0.3 is 32.5 Å². The number of primary amides is 1. The van der Waals surface area contributed by atoms with Gasteiger partial charge in [0.1, 0.15) is 18.1 Å². The molecular formula is C22H33N5O6. The highest BCUT2D eigenvalue weighted by Gasteiger charge is 2.33. The van der Waals surface area contributed by atoms with Crippen LogP contribution in [0.25, 0.3) is 0 Å². The maximum absolute atomic E-state index is 13.0. The lowest BCUT2D eigenvalue weighted by Gasteiger charge is -2.27. The smallest absolute Gasteiger partial charge is 0.326 e. The summed E-state index contributed by atoms with van der Waals surface area (Å²) in [6, 6.07) is 4.19. The molecular weight excluding hydrogens is 430 g/mol. The van der Waals surface area contributed by atoms with Crippen LogP contribution in [0.15, 0.2) is 30.3 Å². The Morgan fingerprint density at radius 3 is 1.97 bits per heavy atom. The first-order chi connectivity index (χ1) is 15.5. The summed E-state index contributed by atoms with van der Waals surface area (Å²) in [5.41, 5.74) is 11.4. The Balaban J connectivity index is 3.02. The van der Waals surface area contributed by atoms with Gasteiger partial charge in [0.15, 0.2) is 0 Å². The molecule has 0 spiro atoms. The predicted molar refractivity (Wildman–Crippen MR) is 120 cm³/mol. The lowest BCUT2D eigenvalue weighted by Crippen LogP contribution is -2.59. The fraction of sp³-hybridized carbons (Fsp3) is 0.500. The summed E-state index contributed by atoms with van der Waals surface area (Å²) in [5.74, 6) is -4.61. The van der Waals surface area contributed by atoms with Crippen molar-refractivity contribution in [2.24, 2.45) is 17.4 Å². The van der Waals surface area contributed by atoms with Gasteiger partial charge in [0, 0.05) is 6.42 Å². The number of hydrogen-bond donors (Lipinski definition) is 6. The molecule has 8 N–H and O–H groups in total. The summed E-state index contributed by atoms with van der Waals surface area (Å²) in [5, 5.41) is 16.9. The predicted octanol–water partition coefficient (Wildman–Crippen LogP) is -0.963. The number of carboxylic acid groups (broad SMARTS) is 1. The molecule has 11 heteroatoms. The van der Waals surface area contributed by atoms with Crippen molar-refractivity contribution in [2.45, 2.75) is 64.2 Å². The Bertz CT molecular complexity index is 845. The molecule has 0 aliphatic heterocycles. The van der Waals surface area contributed by atoms with Crippen LogP contribution in [0.3, 0.4) is 0 Å². The van der Waals surface area contributed by atoms with Gasteiger partial charge in [-0.05, 0) is 18.4 Å². The highest BCUT2D eigenvalue weighted by atomic mass is 16.4. The Morgan fingerprint density at radius 1 is 0.909 bits per heavy atom. The zero-order chi connectivity index (χ0) is 25.1. The summed E-state index contributed by atoms with van der Waals surface area (Å²) in [6.07, 6.45) is 0.0458. The third-order valence-corrected chi connectivity index (χ3v) is 5.14. The highest BCUT2D eigenvalue weighted by molar-refractivity contribution is 5.96. The summed E-state index contributed by atoms with van der Waals surface area (Å²) in [7, 11) is 0. The minimum atomic E-state index is -1.33. The number of benzene rings is 1. The third-order valence-electron chi connectivity index (χ3n) is 5.14. The van der Waals surface area contributed by atoms with Crippen LogP contribution in [0.5, 0.6) is 0 Å². The molecule has 182 valence electrons. The van der Waals surface area contributed by atoms with Crippen molar-refractivity contribution < 1.29 is 29.1 Å². The second kappa shape index (κ2) is 13.2. The zero-order valence-electron chi connectivity index (χ0n) is 19.0. The first-order valence-corrected chi connectivity index (χ1v) is 10.7. The van der Waals surface area contributed by atoms with Crippen molar-refractivity contribution in [3.63, 3.8) is 0 Å². The van der Waals surface area contributed by atoms with Crippen molar-refractivity contribution in [2.75, 3.05) is 0 Å². The van der Waals surface area contributed by atoms with Crippen LogP contribution in [0.1, 0.15) is 39.2 Å². The number of hydrogen-bond acceptors (Lipinski definition) is 6. The number of carbonyl (C=O) groups is 5. The molecule has 4 amide bonds. The number of carbonyl (C=O) groups excluding carboxylic acids is 4. The Kier molecular flexibility index (Phi) is 11.0. The lowest BCUT2D eigenvalue weighted by atomic mass is 9.96. The monoisotopic (exact) mass is 463 g/mol. The average Bonchev–Trinajstić information content (AvgIpc) is 2.75. The van der Waals surface area contributed by atoms with Gasteiger partial charge in [0.25, 0.3) is 0 Å². The van der Waals surface area contributed by atoms with E-state index in [1.165, 1.54) is 6.92 Å². The first-order valence-electron chi connectivity index (χ1n) is 10.7. The largest absolute Gasteiger partial charge is 0.480 e. The molecule has 0 saturated carbocycles. The first kappa shape index (κ1) is 27.6. The van der Waals surface area contributed by atoms with E-state index in [9.17, 15) is 29.1 Å². The standard InChI is InChI=1S/C22H33N5O6/c1-4-12(2)18(27-20(30)15(11-17(24)28)25-19(29)13(3)23)21(31)26-16(22(32)33)10-14-8-6-5-7-9-14/h5-9,12-13,15-16,18H,4,10-11,23H2,1-3H3,(H2,24,28)(H,25,29)(H,26,31)(H,27,30)(H,32,33). The summed E-state index contributed by atoms with van der Waals surface area (Å²) in [4.78, 5) is 60.8. The molecule has 1 aromatic carbocycles. The van der Waals surface area contributed by atoms with Crippen LogP contribution in [0.4, 0.5) is 0 Å². The van der Waals surface area contributed by atoms with Crippen LogP contribution in [-0.4, -0.2) is 58.9 Å². The van der Waals surface area contributed by atoms with E-state index in [1.807, 2.05) is 0 Å². The highest BCUT2D eigenvalue weighted by Crippen LogP contribution is 2.11. The van der Waals surface area contributed by atoms with Crippen molar-refractivity contribution in [1.29, 1.82) is 0 Å². The van der Waals surface area contributed by atoms with E-state index in [-0.39, 0.29) is 12.3 Å². The Morgan fingerprint density at radius 2 is 1.48 bits per heavy atom. The molecule has 0 aromatic heterocycles. The number of amides is 4. The van der Waals surface area contributed by atoms with Gasteiger partial charge in [-0.1, -0.05) is 50.6 Å². The van der Waals surface area contributed by atoms with E-state index in [4.69, 9.17) is 11.5 Å². The fourth-order valence-electron chi connectivity index (χ4n) is 2.98. The molecule has 33 heavy (non-hydrogen) atoms. The van der Waals surface area contributed by atoms with E-state index in [0.29, 0.717) is 6.42 Å². The normalized spacial score (nSPS) is 15.3. The molecule has 5 atom stereocenters. The second-order valence-electron chi connectivity index (χ2n) is 7.98. The molecule has 0 bridgehead atoms. The molecule has 0 fully saturated rings. The maximum Gasteiger partial charge on any atom is 0.326 e. The van der Waals surface area contributed by atoms with E-state index < -0.39 is 60.2 Å². The van der Waals surface area contributed by atoms with Crippen LogP contribution in [0, 0.1) is 5.92 Å². The third kappa shape index (κ3) is 9.27. The Hall–Kier alpha value is -3.47. The zero-order valence-corrected chi connectivity index (χ0v) is 19.0. The lowest BCUT2D eigenvalue weighted by molar-refractivity contribution is -0.142. The van der Waals surface area contributed by atoms with Crippen molar-refractivity contribution in [3.8, 4) is 0 Å². The molecule has 1 aromatic rings. The number of aliphatic carboxylic acids is 1. The van der Waals surface area contributed by atoms with Crippen molar-refractivity contribution in [1.82, 2.24) is 16.0 Å². The van der Waals surface area contributed by atoms with Gasteiger partial charge in [-0.3, -0.25) is 19.2 Å². The van der Waals surface area contributed by atoms with Crippen molar-refractivity contribution >= 4 is 29.6 Å². The summed E-state index contributed by atoms with van der Waals surface area (Å²) in [6.45, 7) is 4.92. The molecule has 0 aliphatic carbocycles. The van der Waals surface area contributed by atoms with Gasteiger partial charge in [-0.2, -0.15) is 0 Å². The molecule has 11 nitrogen and oxygen atoms in total. The van der Waals surface area contributed by atoms with Crippen molar-refractivity contribution in [3.05, 3.63) is 35.9 Å². The van der Waals surface area contributed by atoms with Gasteiger partial charge in [-0.25, -0.2) is 4.79 Å². The quantitative estimate of drug-likeness (QED) is 0.217. The van der Waals surface area contributed by atoms with Crippen LogP contribution >= 0.6 is 0 Å². The number of nitrogens with two attached hydrogens (primary N) is 2. The van der Waals surface area contributed by atoms with E-state index in [1.54, 1.807) is 44.2 Å². The molecule has 5 unspecified atom stereocenters. The number of nitrogens with one attached hydrogen (secondary N) is 3. The summed E-state index contributed by atoms with van der Waals surface area (Å²) < 4.78 is 0. The molecule has 0 heterocycles. The fourth-order valence-corrected chi connectivity index (χ4v) is 2.98. The molecule has 0 radical (unpaired) electrons. The van der Waals surface area contributed by atoms with Gasteiger partial charge in [0.2, 0.25) is 23.6 Å². The number of carboxylic acids is 1. The molecule has 0 saturated heterocycles. The number of rotatable bonds is 13. The summed E-state index contributed by atoms with van der Waals surface area (Å²) >= 11 is 0. The van der Waals surface area contributed by atoms with Gasteiger partial charge >= 0.3 is 5.97 Å². The van der Waals surface area contributed by atoms with Gasteiger partial charge in [0.05, 0.1) is 12.5 Å². The van der Waals surface area contributed by atoms with E-state index in [2.05, 4.69) is 16.0 Å². The van der Waals surface area contributed by atoms with Crippen LogP contribution in [-0.2, 0) is 30.4 Å². The Labute approximate surface area is 192 Å².